The minimum Gasteiger partial charge on any atom is -0.308 e. The number of benzene rings is 3. The summed E-state index contributed by atoms with van der Waals surface area (Å²) in [6.45, 7) is 0.579. The smallest absolute Gasteiger partial charge is 0.228 e. The second kappa shape index (κ2) is 6.73. The minimum atomic E-state index is 0.0504. The van der Waals surface area contributed by atoms with E-state index in [1.807, 2.05) is 71.6 Å². The molecule has 3 aromatic carbocycles. The molecule has 0 spiro atoms. The molecule has 0 saturated heterocycles. The van der Waals surface area contributed by atoms with Gasteiger partial charge in [-0.2, -0.15) is 0 Å². The number of carbonyl (C=O) groups is 1. The Morgan fingerprint density at radius 1 is 0.920 bits per heavy atom. The second-order valence-corrected chi connectivity index (χ2v) is 6.77. The fraction of sp³-hybridized carbons (Fsp3) is 0.136. The fourth-order valence-electron chi connectivity index (χ4n) is 3.50. The molecular weight excluding hydrogens is 330 g/mol. The average Bonchev–Trinajstić information content (AvgIpc) is 2.65. The highest BCUT2D eigenvalue weighted by Crippen LogP contribution is 2.41. The zero-order valence-electron chi connectivity index (χ0n) is 13.7. The van der Waals surface area contributed by atoms with Crippen molar-refractivity contribution in [3.8, 4) is 0 Å². The standard InChI is InChI=1S/C22H18ClNO/c23-18-11-12-21-20(13-18)19(17-9-5-2-6-10-17)14-22(25)24(21)15-16-7-3-1-4-8-16/h1-13,19H,14-15H2. The summed E-state index contributed by atoms with van der Waals surface area (Å²) in [5, 5.41) is 0.702. The molecule has 25 heavy (non-hydrogen) atoms. The van der Waals surface area contributed by atoms with E-state index in [2.05, 4.69) is 12.1 Å². The number of halogens is 1. The van der Waals surface area contributed by atoms with E-state index < -0.39 is 0 Å². The zero-order chi connectivity index (χ0) is 17.2. The number of carbonyl (C=O) groups excluding carboxylic acids is 1. The van der Waals surface area contributed by atoms with Crippen LogP contribution in [0.2, 0.25) is 5.02 Å². The van der Waals surface area contributed by atoms with Crippen LogP contribution in [0.4, 0.5) is 5.69 Å². The highest BCUT2D eigenvalue weighted by molar-refractivity contribution is 6.30. The van der Waals surface area contributed by atoms with Gasteiger partial charge in [-0.25, -0.2) is 0 Å². The van der Waals surface area contributed by atoms with Crippen molar-refractivity contribution in [1.29, 1.82) is 0 Å². The van der Waals surface area contributed by atoms with Gasteiger partial charge in [0.05, 0.1) is 6.54 Å². The van der Waals surface area contributed by atoms with Crippen LogP contribution >= 0.6 is 11.6 Å². The molecule has 0 N–H and O–H groups in total. The third-order valence-corrected chi connectivity index (χ3v) is 4.96. The Hall–Kier alpha value is -2.58. The summed E-state index contributed by atoms with van der Waals surface area (Å²) in [5.74, 6) is 0.196. The third kappa shape index (κ3) is 3.18. The largest absolute Gasteiger partial charge is 0.308 e. The maximum Gasteiger partial charge on any atom is 0.228 e. The zero-order valence-corrected chi connectivity index (χ0v) is 14.5. The number of hydrogen-bond acceptors (Lipinski definition) is 1. The van der Waals surface area contributed by atoms with Crippen molar-refractivity contribution in [2.45, 2.75) is 18.9 Å². The van der Waals surface area contributed by atoms with Crippen LogP contribution in [-0.2, 0) is 11.3 Å². The van der Waals surface area contributed by atoms with Crippen molar-refractivity contribution in [2.75, 3.05) is 4.90 Å². The van der Waals surface area contributed by atoms with Crippen molar-refractivity contribution < 1.29 is 4.79 Å². The molecule has 2 nitrogen and oxygen atoms in total. The molecular formula is C22H18ClNO. The predicted molar refractivity (Wildman–Crippen MR) is 102 cm³/mol. The van der Waals surface area contributed by atoms with Crippen molar-refractivity contribution in [3.05, 3.63) is 101 Å². The summed E-state index contributed by atoms with van der Waals surface area (Å²) in [7, 11) is 0. The van der Waals surface area contributed by atoms with Gasteiger partial charge in [0.25, 0.3) is 0 Å². The van der Waals surface area contributed by atoms with Gasteiger partial charge in [-0.05, 0) is 34.9 Å². The Morgan fingerprint density at radius 3 is 2.32 bits per heavy atom. The highest BCUT2D eigenvalue weighted by atomic mass is 35.5. The Bertz CT molecular complexity index is 892. The van der Waals surface area contributed by atoms with Crippen LogP contribution < -0.4 is 4.90 Å². The average molecular weight is 348 g/mol. The summed E-state index contributed by atoms with van der Waals surface area (Å²) in [6.07, 6.45) is 0.462. The fourth-order valence-corrected chi connectivity index (χ4v) is 3.68. The minimum absolute atomic E-state index is 0.0504. The molecule has 3 heteroatoms. The van der Waals surface area contributed by atoms with Gasteiger partial charge < -0.3 is 4.90 Å². The summed E-state index contributed by atoms with van der Waals surface area (Å²) < 4.78 is 0. The van der Waals surface area contributed by atoms with Crippen molar-refractivity contribution >= 4 is 23.2 Å². The van der Waals surface area contributed by atoms with Crippen LogP contribution in [-0.4, -0.2) is 5.91 Å². The molecule has 1 aliphatic rings. The lowest BCUT2D eigenvalue weighted by Gasteiger charge is -2.34. The van der Waals surface area contributed by atoms with Crippen LogP contribution in [0, 0.1) is 0 Å². The number of hydrogen-bond donors (Lipinski definition) is 0. The normalized spacial score (nSPS) is 16.6. The monoisotopic (exact) mass is 347 g/mol. The predicted octanol–water partition coefficient (Wildman–Crippen LogP) is 5.41. The first-order valence-corrected chi connectivity index (χ1v) is 8.79. The first-order valence-electron chi connectivity index (χ1n) is 8.41. The van der Waals surface area contributed by atoms with E-state index in [0.29, 0.717) is 18.0 Å². The SMILES string of the molecule is O=C1CC(c2ccccc2)c2cc(Cl)ccc2N1Cc1ccccc1. The maximum absolute atomic E-state index is 12.9. The van der Waals surface area contributed by atoms with Gasteiger partial charge in [-0.1, -0.05) is 72.3 Å². The number of fused-ring (bicyclic) bond motifs is 1. The van der Waals surface area contributed by atoms with E-state index in [9.17, 15) is 4.79 Å². The maximum atomic E-state index is 12.9. The van der Waals surface area contributed by atoms with Gasteiger partial charge >= 0.3 is 0 Å². The van der Waals surface area contributed by atoms with E-state index in [0.717, 1.165) is 22.4 Å². The Balaban J connectivity index is 1.77. The Morgan fingerprint density at radius 2 is 1.60 bits per heavy atom. The van der Waals surface area contributed by atoms with E-state index in [4.69, 9.17) is 11.6 Å². The first kappa shape index (κ1) is 15.9. The van der Waals surface area contributed by atoms with Gasteiger partial charge in [0.15, 0.2) is 0 Å². The molecule has 1 amide bonds. The summed E-state index contributed by atoms with van der Waals surface area (Å²) >= 11 is 6.27. The van der Waals surface area contributed by atoms with Crippen molar-refractivity contribution in [3.63, 3.8) is 0 Å². The molecule has 0 aromatic heterocycles. The van der Waals surface area contributed by atoms with Crippen LogP contribution in [0.15, 0.2) is 78.9 Å². The molecule has 1 unspecified atom stereocenters. The highest BCUT2D eigenvalue weighted by Gasteiger charge is 2.32. The molecule has 0 fully saturated rings. The lowest BCUT2D eigenvalue weighted by Crippen LogP contribution is -2.36. The first-order chi connectivity index (χ1) is 12.2. The Labute approximate surface area is 152 Å². The number of amides is 1. The van der Waals surface area contributed by atoms with E-state index in [-0.39, 0.29) is 11.8 Å². The Kier molecular flexibility index (Phi) is 4.29. The number of rotatable bonds is 3. The summed E-state index contributed by atoms with van der Waals surface area (Å²) in [6, 6.07) is 26.1. The molecule has 0 radical (unpaired) electrons. The van der Waals surface area contributed by atoms with Crippen molar-refractivity contribution in [1.82, 2.24) is 0 Å². The summed E-state index contributed by atoms with van der Waals surface area (Å²) in [4.78, 5) is 14.8. The molecule has 0 aliphatic carbocycles. The third-order valence-electron chi connectivity index (χ3n) is 4.72. The molecule has 124 valence electrons. The lowest BCUT2D eigenvalue weighted by atomic mass is 9.84. The molecule has 1 atom stereocenters. The summed E-state index contributed by atoms with van der Waals surface area (Å²) in [5.41, 5.74) is 4.35. The molecule has 1 heterocycles. The molecule has 1 aliphatic heterocycles. The van der Waals surface area contributed by atoms with Gasteiger partial charge in [0, 0.05) is 23.0 Å². The van der Waals surface area contributed by atoms with Gasteiger partial charge in [0.1, 0.15) is 0 Å². The van der Waals surface area contributed by atoms with Crippen molar-refractivity contribution in [2.24, 2.45) is 0 Å². The molecule has 3 aromatic rings. The molecule has 0 bridgehead atoms. The van der Waals surface area contributed by atoms with Crippen LogP contribution in [0.25, 0.3) is 0 Å². The van der Waals surface area contributed by atoms with E-state index >= 15 is 0 Å². The number of nitrogens with zero attached hydrogens (tertiary/aromatic N) is 1. The number of anilines is 1. The van der Waals surface area contributed by atoms with Gasteiger partial charge in [0.2, 0.25) is 5.91 Å². The molecule has 4 rings (SSSR count). The van der Waals surface area contributed by atoms with Crippen LogP contribution in [0.5, 0.6) is 0 Å². The van der Waals surface area contributed by atoms with E-state index in [1.165, 1.54) is 0 Å². The molecule has 0 saturated carbocycles. The lowest BCUT2D eigenvalue weighted by molar-refractivity contribution is -0.119. The van der Waals surface area contributed by atoms with E-state index in [1.54, 1.807) is 0 Å². The van der Waals surface area contributed by atoms with Gasteiger partial charge in [-0.3, -0.25) is 4.79 Å². The second-order valence-electron chi connectivity index (χ2n) is 6.34. The quantitative estimate of drug-likeness (QED) is 0.620. The van der Waals surface area contributed by atoms with Crippen LogP contribution in [0.1, 0.15) is 29.0 Å². The topological polar surface area (TPSA) is 20.3 Å². The van der Waals surface area contributed by atoms with Crippen LogP contribution in [0.3, 0.4) is 0 Å². The van der Waals surface area contributed by atoms with Gasteiger partial charge in [-0.15, -0.1) is 0 Å².